The van der Waals surface area contributed by atoms with E-state index in [1.54, 1.807) is 20.8 Å². The highest BCUT2D eigenvalue weighted by Crippen LogP contribution is 2.45. The van der Waals surface area contributed by atoms with Crippen molar-refractivity contribution >= 4 is 28.1 Å². The van der Waals surface area contributed by atoms with E-state index in [0.29, 0.717) is 19.4 Å². The van der Waals surface area contributed by atoms with Crippen LogP contribution < -0.4 is 10.0 Å². The number of nitrogens with one attached hydrogen (secondary N) is 2. The van der Waals surface area contributed by atoms with Gasteiger partial charge in [-0.2, -0.15) is 12.7 Å². The monoisotopic (exact) mass is 430 g/mol. The van der Waals surface area contributed by atoms with Crippen molar-refractivity contribution in [1.29, 1.82) is 0 Å². The summed E-state index contributed by atoms with van der Waals surface area (Å²) >= 11 is 0. The molecule has 11 heteroatoms. The molecule has 1 aliphatic carbocycles. The Hall–Kier alpha value is -2.14. The van der Waals surface area contributed by atoms with E-state index in [-0.39, 0.29) is 6.42 Å². The van der Waals surface area contributed by atoms with Crippen molar-refractivity contribution in [2.45, 2.75) is 57.2 Å². The molecule has 0 aromatic heterocycles. The number of hydrogen-bond acceptors (Lipinski definition) is 6. The average Bonchev–Trinajstić information content (AvgIpc) is 3.06. The molecule has 2 fully saturated rings. The molecule has 2 rings (SSSR count). The van der Waals surface area contributed by atoms with Gasteiger partial charge in [0.2, 0.25) is 5.91 Å². The highest BCUT2D eigenvalue weighted by molar-refractivity contribution is 7.87. The Bertz CT molecular complexity index is 804. The van der Waals surface area contributed by atoms with Gasteiger partial charge in [-0.3, -0.25) is 14.5 Å². The van der Waals surface area contributed by atoms with Crippen molar-refractivity contribution in [3.63, 3.8) is 0 Å². The maximum absolute atomic E-state index is 12.9. The van der Waals surface area contributed by atoms with Crippen LogP contribution in [-0.4, -0.2) is 73.4 Å². The molecule has 1 aliphatic heterocycles. The highest BCUT2D eigenvalue weighted by Gasteiger charge is 2.61. The summed E-state index contributed by atoms with van der Waals surface area (Å²) in [6.07, 6.45) is 2.19. The van der Waals surface area contributed by atoms with Crippen LogP contribution in [0.4, 0.5) is 4.79 Å². The van der Waals surface area contributed by atoms with Crippen LogP contribution in [0.3, 0.4) is 0 Å². The van der Waals surface area contributed by atoms with E-state index in [2.05, 4.69) is 11.9 Å². The zero-order chi connectivity index (χ0) is 22.2. The van der Waals surface area contributed by atoms with Gasteiger partial charge in [0.05, 0.1) is 0 Å². The lowest BCUT2D eigenvalue weighted by molar-refractivity contribution is -0.131. The second-order valence-corrected chi connectivity index (χ2v) is 10.4. The summed E-state index contributed by atoms with van der Waals surface area (Å²) < 4.78 is 32.2. The number of carbonyl (C=O) groups is 3. The minimum absolute atomic E-state index is 0.232. The number of nitrogens with zero attached hydrogens (tertiary/aromatic N) is 2. The lowest BCUT2D eigenvalue weighted by Gasteiger charge is -2.29. The molecule has 0 radical (unpaired) electrons. The van der Waals surface area contributed by atoms with E-state index >= 15 is 0 Å². The molecular formula is C18H30N4O6S. The van der Waals surface area contributed by atoms with Gasteiger partial charge in [0.1, 0.15) is 17.2 Å². The second-order valence-electron chi connectivity index (χ2n) is 8.56. The van der Waals surface area contributed by atoms with Gasteiger partial charge in [-0.25, -0.2) is 9.52 Å². The first-order valence-corrected chi connectivity index (χ1v) is 10.9. The molecule has 2 N–H and O–H groups in total. The summed E-state index contributed by atoms with van der Waals surface area (Å²) in [5, 5.41) is 2.66. The van der Waals surface area contributed by atoms with Crippen LogP contribution in [-0.2, 0) is 24.5 Å². The van der Waals surface area contributed by atoms with Crippen LogP contribution in [0.15, 0.2) is 12.7 Å². The fraction of sp³-hybridized carbons (Fsp3) is 0.722. The molecule has 29 heavy (non-hydrogen) atoms. The molecule has 10 nitrogen and oxygen atoms in total. The van der Waals surface area contributed by atoms with Gasteiger partial charge in [-0.15, -0.1) is 6.58 Å². The quantitative estimate of drug-likeness (QED) is 0.587. The van der Waals surface area contributed by atoms with Gasteiger partial charge in [0.25, 0.3) is 5.91 Å². The maximum Gasteiger partial charge on any atom is 0.410 e. The summed E-state index contributed by atoms with van der Waals surface area (Å²) in [4.78, 5) is 39.4. The largest absolute Gasteiger partial charge is 0.444 e. The lowest BCUT2D eigenvalue weighted by atomic mass is 10.1. The lowest BCUT2D eigenvalue weighted by Crippen LogP contribution is -2.57. The second kappa shape index (κ2) is 7.94. The number of hydrogen-bond donors (Lipinski definition) is 2. The fourth-order valence-electron chi connectivity index (χ4n) is 3.22. The zero-order valence-corrected chi connectivity index (χ0v) is 18.3. The average molecular weight is 431 g/mol. The minimum atomic E-state index is -4.01. The van der Waals surface area contributed by atoms with E-state index in [9.17, 15) is 22.8 Å². The van der Waals surface area contributed by atoms with E-state index in [1.165, 1.54) is 25.1 Å². The van der Waals surface area contributed by atoms with Crippen molar-refractivity contribution in [3.05, 3.63) is 12.7 Å². The third-order valence-corrected chi connectivity index (χ3v) is 6.34. The van der Waals surface area contributed by atoms with E-state index in [0.717, 1.165) is 4.31 Å². The van der Waals surface area contributed by atoms with Gasteiger partial charge in [0.15, 0.2) is 0 Å². The zero-order valence-electron chi connectivity index (χ0n) is 17.5. The molecule has 3 atom stereocenters. The molecule has 1 heterocycles. The smallest absolute Gasteiger partial charge is 0.410 e. The molecule has 3 amide bonds. The number of rotatable bonds is 6. The van der Waals surface area contributed by atoms with Crippen LogP contribution in [0.2, 0.25) is 0 Å². The van der Waals surface area contributed by atoms with Crippen LogP contribution in [0.25, 0.3) is 0 Å². The topological polar surface area (TPSA) is 125 Å². The molecule has 0 aromatic carbocycles. The number of ether oxygens (including phenoxy) is 1. The minimum Gasteiger partial charge on any atom is -0.444 e. The molecule has 1 saturated heterocycles. The Morgan fingerprint density at radius 1 is 1.28 bits per heavy atom. The summed E-state index contributed by atoms with van der Waals surface area (Å²) in [5.74, 6) is -1.75. The first-order chi connectivity index (χ1) is 13.2. The molecule has 0 aromatic rings. The van der Waals surface area contributed by atoms with Crippen molar-refractivity contribution < 1.29 is 27.5 Å². The number of likely N-dealkylation sites (tertiary alicyclic amines) is 1. The summed E-state index contributed by atoms with van der Waals surface area (Å²) in [6, 6.07) is -0.786. The molecule has 0 bridgehead atoms. The summed E-state index contributed by atoms with van der Waals surface area (Å²) in [6.45, 7) is 9.22. The molecule has 1 saturated carbocycles. The van der Waals surface area contributed by atoms with Crippen LogP contribution in [0.1, 0.15) is 40.0 Å². The van der Waals surface area contributed by atoms with Crippen LogP contribution >= 0.6 is 0 Å². The van der Waals surface area contributed by atoms with Crippen molar-refractivity contribution in [2.75, 3.05) is 20.6 Å². The molecule has 1 unspecified atom stereocenters. The van der Waals surface area contributed by atoms with Crippen LogP contribution in [0.5, 0.6) is 0 Å². The van der Waals surface area contributed by atoms with Gasteiger partial charge in [-0.1, -0.05) is 6.08 Å². The Kier molecular flexibility index (Phi) is 6.34. The fourth-order valence-corrected chi connectivity index (χ4v) is 3.81. The third-order valence-electron chi connectivity index (χ3n) is 4.94. The van der Waals surface area contributed by atoms with Gasteiger partial charge in [0, 0.05) is 26.6 Å². The molecule has 0 spiro atoms. The summed E-state index contributed by atoms with van der Waals surface area (Å²) in [7, 11) is -1.43. The number of amides is 3. The Balaban J connectivity index is 2.14. The SMILES string of the molecule is C=C[C@@H]1C[C@]1(NC(=O)C1CCCN1C(=O)OC(C)(C)C)C(=O)NS(=O)(=O)N(C)C. The van der Waals surface area contributed by atoms with E-state index < -0.39 is 51.2 Å². The van der Waals surface area contributed by atoms with Gasteiger partial charge in [-0.05, 0) is 40.0 Å². The standard InChI is InChI=1S/C18H30N4O6S/c1-7-12-11-18(12,15(24)20-29(26,27)21(5)6)19-14(23)13-9-8-10-22(13)16(25)28-17(2,3)4/h7,12-13H,1,8-11H2,2-6H3,(H,19,23)(H,20,24)/t12-,13?,18-/m1/s1. The molecule has 164 valence electrons. The van der Waals surface area contributed by atoms with Gasteiger partial charge < -0.3 is 10.1 Å². The Morgan fingerprint density at radius 2 is 1.90 bits per heavy atom. The van der Waals surface area contributed by atoms with Crippen molar-refractivity contribution in [3.8, 4) is 0 Å². The van der Waals surface area contributed by atoms with E-state index in [4.69, 9.17) is 4.74 Å². The van der Waals surface area contributed by atoms with Gasteiger partial charge >= 0.3 is 16.3 Å². The first kappa shape index (κ1) is 23.1. The predicted octanol–water partition coefficient (Wildman–Crippen LogP) is 0.369. The van der Waals surface area contributed by atoms with E-state index in [1.807, 2.05) is 4.72 Å². The Labute approximate surface area is 171 Å². The highest BCUT2D eigenvalue weighted by atomic mass is 32.2. The molecular weight excluding hydrogens is 400 g/mol. The van der Waals surface area contributed by atoms with Crippen molar-refractivity contribution in [2.24, 2.45) is 5.92 Å². The number of carbonyl (C=O) groups excluding carboxylic acids is 3. The normalized spacial score (nSPS) is 26.8. The third kappa shape index (κ3) is 5.08. The summed E-state index contributed by atoms with van der Waals surface area (Å²) in [5.41, 5.74) is -2.10. The predicted molar refractivity (Wildman–Crippen MR) is 106 cm³/mol. The molecule has 2 aliphatic rings. The Morgan fingerprint density at radius 3 is 2.38 bits per heavy atom. The first-order valence-electron chi connectivity index (χ1n) is 9.42. The van der Waals surface area contributed by atoms with Crippen molar-refractivity contribution in [1.82, 2.24) is 19.2 Å². The van der Waals surface area contributed by atoms with Crippen LogP contribution in [0, 0.1) is 5.92 Å². The maximum atomic E-state index is 12.9.